The first-order chi connectivity index (χ1) is 6.40. The van der Waals surface area contributed by atoms with Gasteiger partial charge in [0.2, 0.25) is 0 Å². The Kier molecular flexibility index (Phi) is 3.50. The average Bonchev–Trinajstić information content (AvgIpc) is 2.01. The lowest BCUT2D eigenvalue weighted by Gasteiger charge is -2.30. The zero-order valence-electron chi connectivity index (χ0n) is 9.08. The molecule has 14 heavy (non-hydrogen) atoms. The van der Waals surface area contributed by atoms with Gasteiger partial charge in [0.05, 0.1) is 12.5 Å². The molecule has 0 saturated carbocycles. The zero-order valence-corrected chi connectivity index (χ0v) is 9.08. The molecule has 1 fully saturated rings. The molecule has 0 aromatic heterocycles. The molecule has 2 atom stereocenters. The van der Waals surface area contributed by atoms with Crippen LogP contribution >= 0.6 is 0 Å². The Bertz CT molecular complexity index is 210. The van der Waals surface area contributed by atoms with E-state index in [2.05, 4.69) is 0 Å². The highest BCUT2D eigenvalue weighted by Crippen LogP contribution is 2.19. The predicted octanol–water partition coefficient (Wildman–Crippen LogP) is 0.692. The van der Waals surface area contributed by atoms with Crippen molar-refractivity contribution in [2.75, 3.05) is 13.2 Å². The van der Waals surface area contributed by atoms with Crippen molar-refractivity contribution in [2.24, 2.45) is 11.7 Å². The van der Waals surface area contributed by atoms with Crippen molar-refractivity contribution in [1.82, 2.24) is 0 Å². The van der Waals surface area contributed by atoms with Crippen LogP contribution in [0, 0.1) is 5.92 Å². The van der Waals surface area contributed by atoms with Crippen LogP contribution in [-0.2, 0) is 14.3 Å². The summed E-state index contributed by atoms with van der Waals surface area (Å²) >= 11 is 0. The van der Waals surface area contributed by atoms with Gasteiger partial charge in [0, 0.05) is 12.6 Å². The molecular formula is C10H19NO3. The number of carbonyl (C=O) groups is 1. The van der Waals surface area contributed by atoms with Crippen molar-refractivity contribution in [3.63, 3.8) is 0 Å². The molecule has 1 aliphatic rings. The van der Waals surface area contributed by atoms with Crippen molar-refractivity contribution in [3.05, 3.63) is 0 Å². The standard InChI is InChI=1S/C10H19NO3/c1-10(2,3)14-9(12)7-4-5-13-6-8(7)11/h7-8H,4-6,11H2,1-3H3/t7-,8+/m1/s1. The van der Waals surface area contributed by atoms with E-state index in [1.807, 2.05) is 20.8 Å². The molecule has 1 rings (SSSR count). The summed E-state index contributed by atoms with van der Waals surface area (Å²) in [6, 6.07) is -0.224. The number of nitrogens with two attached hydrogens (primary N) is 1. The Labute approximate surface area is 84.7 Å². The second-order valence-electron chi connectivity index (χ2n) is 4.67. The summed E-state index contributed by atoms with van der Waals surface area (Å²) in [4.78, 5) is 11.7. The highest BCUT2D eigenvalue weighted by molar-refractivity contribution is 5.73. The summed E-state index contributed by atoms with van der Waals surface area (Å²) in [5, 5.41) is 0. The fourth-order valence-electron chi connectivity index (χ4n) is 1.43. The summed E-state index contributed by atoms with van der Waals surface area (Å²) < 4.78 is 10.4. The molecular weight excluding hydrogens is 182 g/mol. The molecule has 0 aromatic rings. The van der Waals surface area contributed by atoms with E-state index in [1.165, 1.54) is 0 Å². The van der Waals surface area contributed by atoms with Crippen LogP contribution in [0.15, 0.2) is 0 Å². The Morgan fingerprint density at radius 3 is 2.64 bits per heavy atom. The second kappa shape index (κ2) is 4.28. The number of rotatable bonds is 1. The van der Waals surface area contributed by atoms with Crippen molar-refractivity contribution >= 4 is 5.97 Å². The largest absolute Gasteiger partial charge is 0.460 e. The van der Waals surface area contributed by atoms with Gasteiger partial charge in [-0.15, -0.1) is 0 Å². The molecule has 82 valence electrons. The van der Waals surface area contributed by atoms with Crippen LogP contribution in [0.5, 0.6) is 0 Å². The minimum Gasteiger partial charge on any atom is -0.460 e. The quantitative estimate of drug-likeness (QED) is 0.634. The Balaban J connectivity index is 2.50. The van der Waals surface area contributed by atoms with Gasteiger partial charge in [-0.3, -0.25) is 4.79 Å². The summed E-state index contributed by atoms with van der Waals surface area (Å²) in [7, 11) is 0. The van der Waals surface area contributed by atoms with Crippen LogP contribution < -0.4 is 5.73 Å². The zero-order chi connectivity index (χ0) is 10.8. The van der Waals surface area contributed by atoms with Crippen molar-refractivity contribution in [2.45, 2.75) is 38.8 Å². The van der Waals surface area contributed by atoms with Gasteiger partial charge >= 0.3 is 5.97 Å². The summed E-state index contributed by atoms with van der Waals surface area (Å²) in [5.41, 5.74) is 5.34. The third kappa shape index (κ3) is 3.27. The van der Waals surface area contributed by atoms with Gasteiger partial charge in [-0.2, -0.15) is 0 Å². The Hall–Kier alpha value is -0.610. The first-order valence-corrected chi connectivity index (χ1v) is 4.96. The maximum atomic E-state index is 11.7. The molecule has 0 spiro atoms. The lowest BCUT2D eigenvalue weighted by atomic mass is 9.95. The van der Waals surface area contributed by atoms with Crippen LogP contribution in [0.2, 0.25) is 0 Å². The second-order valence-corrected chi connectivity index (χ2v) is 4.67. The van der Waals surface area contributed by atoms with E-state index in [4.69, 9.17) is 15.2 Å². The smallest absolute Gasteiger partial charge is 0.311 e. The molecule has 0 radical (unpaired) electrons. The van der Waals surface area contributed by atoms with E-state index in [0.717, 1.165) is 0 Å². The summed E-state index contributed by atoms with van der Waals surface area (Å²) in [5.74, 6) is -0.406. The molecule has 1 heterocycles. The molecule has 2 N–H and O–H groups in total. The van der Waals surface area contributed by atoms with Crippen molar-refractivity contribution < 1.29 is 14.3 Å². The number of hydrogen-bond acceptors (Lipinski definition) is 4. The highest BCUT2D eigenvalue weighted by atomic mass is 16.6. The van der Waals surface area contributed by atoms with Crippen molar-refractivity contribution in [1.29, 1.82) is 0 Å². The van der Waals surface area contributed by atoms with E-state index in [-0.39, 0.29) is 17.9 Å². The normalized spacial score (nSPS) is 28.6. The third-order valence-electron chi connectivity index (χ3n) is 2.11. The maximum absolute atomic E-state index is 11.7. The van der Waals surface area contributed by atoms with Gasteiger partial charge in [0.1, 0.15) is 5.60 Å². The fraction of sp³-hybridized carbons (Fsp3) is 0.900. The minimum atomic E-state index is -0.435. The van der Waals surface area contributed by atoms with E-state index < -0.39 is 5.60 Å². The van der Waals surface area contributed by atoms with E-state index >= 15 is 0 Å². The monoisotopic (exact) mass is 201 g/mol. The predicted molar refractivity (Wildman–Crippen MR) is 52.7 cm³/mol. The van der Waals surface area contributed by atoms with Crippen LogP contribution in [0.25, 0.3) is 0 Å². The first kappa shape index (κ1) is 11.5. The van der Waals surface area contributed by atoms with Crippen LogP contribution in [0.1, 0.15) is 27.2 Å². The summed E-state index contributed by atoms with van der Waals surface area (Å²) in [6.45, 7) is 6.61. The summed E-state index contributed by atoms with van der Waals surface area (Å²) in [6.07, 6.45) is 0.663. The Morgan fingerprint density at radius 1 is 1.50 bits per heavy atom. The lowest BCUT2D eigenvalue weighted by molar-refractivity contribution is -0.164. The molecule has 4 heteroatoms. The van der Waals surface area contributed by atoms with E-state index in [1.54, 1.807) is 0 Å². The number of hydrogen-bond donors (Lipinski definition) is 1. The fourth-order valence-corrected chi connectivity index (χ4v) is 1.43. The molecule has 0 aliphatic carbocycles. The molecule has 1 saturated heterocycles. The minimum absolute atomic E-state index is 0.201. The molecule has 1 aliphatic heterocycles. The van der Waals surface area contributed by atoms with Gasteiger partial charge in [-0.05, 0) is 27.2 Å². The highest BCUT2D eigenvalue weighted by Gasteiger charge is 2.32. The Morgan fingerprint density at radius 2 is 2.14 bits per heavy atom. The molecule has 0 bridgehead atoms. The number of ether oxygens (including phenoxy) is 2. The van der Waals surface area contributed by atoms with Gasteiger partial charge < -0.3 is 15.2 Å². The molecule has 0 unspecified atom stereocenters. The van der Waals surface area contributed by atoms with Gasteiger partial charge in [0.25, 0.3) is 0 Å². The maximum Gasteiger partial charge on any atom is 0.311 e. The van der Waals surface area contributed by atoms with E-state index in [0.29, 0.717) is 19.6 Å². The van der Waals surface area contributed by atoms with Crippen molar-refractivity contribution in [3.8, 4) is 0 Å². The third-order valence-corrected chi connectivity index (χ3v) is 2.11. The number of esters is 1. The van der Waals surface area contributed by atoms with Crippen LogP contribution in [0.4, 0.5) is 0 Å². The molecule has 0 amide bonds. The molecule has 0 aromatic carbocycles. The van der Waals surface area contributed by atoms with Crippen LogP contribution in [0.3, 0.4) is 0 Å². The van der Waals surface area contributed by atoms with E-state index in [9.17, 15) is 4.79 Å². The molecule has 4 nitrogen and oxygen atoms in total. The lowest BCUT2D eigenvalue weighted by Crippen LogP contribution is -2.45. The topological polar surface area (TPSA) is 61.5 Å². The van der Waals surface area contributed by atoms with Gasteiger partial charge in [-0.1, -0.05) is 0 Å². The number of carbonyl (C=O) groups excluding carboxylic acids is 1. The first-order valence-electron chi connectivity index (χ1n) is 4.96. The van der Waals surface area contributed by atoms with Gasteiger partial charge in [0.15, 0.2) is 0 Å². The SMILES string of the molecule is CC(C)(C)OC(=O)[C@@H]1CCOC[C@@H]1N. The average molecular weight is 201 g/mol. The van der Waals surface area contributed by atoms with Gasteiger partial charge in [-0.25, -0.2) is 0 Å². The van der Waals surface area contributed by atoms with Crippen LogP contribution in [-0.4, -0.2) is 30.8 Å².